The van der Waals surface area contributed by atoms with Crippen LogP contribution in [-0.4, -0.2) is 50.1 Å². The summed E-state index contributed by atoms with van der Waals surface area (Å²) in [4.78, 5) is 26.7. The lowest BCUT2D eigenvalue weighted by molar-refractivity contribution is -0.126. The number of rotatable bonds is 7. The molecule has 7 heteroatoms. The van der Waals surface area contributed by atoms with E-state index in [0.29, 0.717) is 37.6 Å². The third-order valence-corrected chi connectivity index (χ3v) is 4.90. The molecule has 1 aliphatic heterocycles. The summed E-state index contributed by atoms with van der Waals surface area (Å²) in [6, 6.07) is 12.7. The van der Waals surface area contributed by atoms with Crippen LogP contribution in [0.4, 0.5) is 4.39 Å². The third kappa shape index (κ3) is 5.70. The fourth-order valence-corrected chi connectivity index (χ4v) is 3.31. The Bertz CT molecular complexity index is 824. The van der Waals surface area contributed by atoms with Gasteiger partial charge in [-0.15, -0.1) is 0 Å². The third-order valence-electron chi connectivity index (χ3n) is 4.90. The van der Waals surface area contributed by atoms with Crippen LogP contribution in [0.25, 0.3) is 0 Å². The SMILES string of the molecule is COc1ccc(OCCNC(=O)C2CCCN(C(=O)c3ccc(F)cc3)C2)cc1. The van der Waals surface area contributed by atoms with E-state index in [1.54, 1.807) is 24.1 Å². The minimum Gasteiger partial charge on any atom is -0.497 e. The summed E-state index contributed by atoms with van der Waals surface area (Å²) in [7, 11) is 1.60. The molecule has 3 rings (SSSR count). The van der Waals surface area contributed by atoms with E-state index in [2.05, 4.69) is 5.32 Å². The molecule has 0 aromatic heterocycles. The van der Waals surface area contributed by atoms with Crippen LogP contribution >= 0.6 is 0 Å². The minimum absolute atomic E-state index is 0.0834. The number of nitrogens with one attached hydrogen (secondary N) is 1. The Kier molecular flexibility index (Phi) is 7.05. The predicted molar refractivity (Wildman–Crippen MR) is 107 cm³/mol. The summed E-state index contributed by atoms with van der Waals surface area (Å²) in [5.41, 5.74) is 0.431. The van der Waals surface area contributed by atoms with Crippen molar-refractivity contribution in [2.75, 3.05) is 33.4 Å². The number of hydrogen-bond acceptors (Lipinski definition) is 4. The first-order valence-electron chi connectivity index (χ1n) is 9.66. The number of hydrogen-bond donors (Lipinski definition) is 1. The van der Waals surface area contributed by atoms with Crippen LogP contribution in [0, 0.1) is 11.7 Å². The topological polar surface area (TPSA) is 67.9 Å². The van der Waals surface area contributed by atoms with Gasteiger partial charge < -0.3 is 19.7 Å². The molecule has 0 radical (unpaired) electrons. The molecular formula is C22H25FN2O4. The fourth-order valence-electron chi connectivity index (χ4n) is 3.31. The number of carbonyl (C=O) groups is 2. The van der Waals surface area contributed by atoms with Crippen LogP contribution in [0.1, 0.15) is 23.2 Å². The Morgan fingerprint density at radius 3 is 2.48 bits per heavy atom. The molecule has 1 saturated heterocycles. The number of halogens is 1. The van der Waals surface area contributed by atoms with Crippen molar-refractivity contribution >= 4 is 11.8 Å². The molecule has 0 saturated carbocycles. The van der Waals surface area contributed by atoms with Gasteiger partial charge in [0, 0.05) is 18.7 Å². The zero-order chi connectivity index (χ0) is 20.6. The molecule has 2 aromatic carbocycles. The van der Waals surface area contributed by atoms with Crippen LogP contribution in [0.15, 0.2) is 48.5 Å². The van der Waals surface area contributed by atoms with Gasteiger partial charge in [-0.25, -0.2) is 4.39 Å². The van der Waals surface area contributed by atoms with E-state index in [1.165, 1.54) is 24.3 Å². The van der Waals surface area contributed by atoms with Crippen LogP contribution in [0.2, 0.25) is 0 Å². The lowest BCUT2D eigenvalue weighted by Crippen LogP contribution is -2.46. The normalized spacial score (nSPS) is 16.2. The van der Waals surface area contributed by atoms with E-state index in [0.717, 1.165) is 18.6 Å². The zero-order valence-corrected chi connectivity index (χ0v) is 16.4. The van der Waals surface area contributed by atoms with Crippen LogP contribution in [0.3, 0.4) is 0 Å². The first-order chi connectivity index (χ1) is 14.1. The van der Waals surface area contributed by atoms with Gasteiger partial charge in [0.2, 0.25) is 5.91 Å². The van der Waals surface area contributed by atoms with E-state index in [4.69, 9.17) is 9.47 Å². The maximum Gasteiger partial charge on any atom is 0.253 e. The summed E-state index contributed by atoms with van der Waals surface area (Å²) in [5.74, 6) is 0.560. The Labute approximate surface area is 169 Å². The molecule has 2 aromatic rings. The largest absolute Gasteiger partial charge is 0.497 e. The molecule has 1 unspecified atom stereocenters. The van der Waals surface area contributed by atoms with Crippen molar-refractivity contribution in [2.45, 2.75) is 12.8 Å². The van der Waals surface area contributed by atoms with Gasteiger partial charge >= 0.3 is 0 Å². The van der Waals surface area contributed by atoms with Gasteiger partial charge in [-0.3, -0.25) is 9.59 Å². The highest BCUT2D eigenvalue weighted by molar-refractivity contribution is 5.94. The van der Waals surface area contributed by atoms with E-state index in [-0.39, 0.29) is 23.5 Å². The van der Waals surface area contributed by atoms with Gasteiger partial charge in [0.25, 0.3) is 5.91 Å². The quantitative estimate of drug-likeness (QED) is 0.726. The Hall–Kier alpha value is -3.09. The number of nitrogens with zero attached hydrogens (tertiary/aromatic N) is 1. The molecule has 29 heavy (non-hydrogen) atoms. The summed E-state index contributed by atoms with van der Waals surface area (Å²) < 4.78 is 23.8. The van der Waals surface area contributed by atoms with Crippen LogP contribution in [-0.2, 0) is 4.79 Å². The summed E-state index contributed by atoms with van der Waals surface area (Å²) in [5, 5.41) is 2.88. The lowest BCUT2D eigenvalue weighted by Gasteiger charge is -2.32. The number of methoxy groups -OCH3 is 1. The molecule has 6 nitrogen and oxygen atoms in total. The number of amides is 2. The Morgan fingerprint density at radius 1 is 1.10 bits per heavy atom. The summed E-state index contributed by atoms with van der Waals surface area (Å²) in [6.07, 6.45) is 1.49. The minimum atomic E-state index is -0.380. The van der Waals surface area contributed by atoms with Crippen molar-refractivity contribution in [2.24, 2.45) is 5.92 Å². The maximum atomic E-state index is 13.1. The molecule has 2 amide bonds. The highest BCUT2D eigenvalue weighted by Crippen LogP contribution is 2.19. The zero-order valence-electron chi connectivity index (χ0n) is 16.4. The Morgan fingerprint density at radius 2 is 1.79 bits per heavy atom. The monoisotopic (exact) mass is 400 g/mol. The average molecular weight is 400 g/mol. The summed E-state index contributed by atoms with van der Waals surface area (Å²) >= 11 is 0. The van der Waals surface area contributed by atoms with Crippen molar-refractivity contribution in [3.63, 3.8) is 0 Å². The van der Waals surface area contributed by atoms with E-state index < -0.39 is 0 Å². The maximum absolute atomic E-state index is 13.1. The molecule has 0 aliphatic carbocycles. The molecule has 1 atom stereocenters. The highest BCUT2D eigenvalue weighted by Gasteiger charge is 2.28. The second-order valence-electron chi connectivity index (χ2n) is 6.91. The van der Waals surface area contributed by atoms with Gasteiger partial charge in [-0.05, 0) is 61.4 Å². The lowest BCUT2D eigenvalue weighted by atomic mass is 9.96. The van der Waals surface area contributed by atoms with Crippen molar-refractivity contribution < 1.29 is 23.5 Å². The molecule has 1 N–H and O–H groups in total. The Balaban J connectivity index is 1.44. The smallest absolute Gasteiger partial charge is 0.253 e. The van der Waals surface area contributed by atoms with Crippen LogP contribution in [0.5, 0.6) is 11.5 Å². The van der Waals surface area contributed by atoms with Gasteiger partial charge in [0.1, 0.15) is 23.9 Å². The number of benzene rings is 2. The first-order valence-corrected chi connectivity index (χ1v) is 9.66. The highest BCUT2D eigenvalue weighted by atomic mass is 19.1. The number of ether oxygens (including phenoxy) is 2. The molecule has 154 valence electrons. The van der Waals surface area contributed by atoms with E-state index in [1.807, 2.05) is 12.1 Å². The second kappa shape index (κ2) is 9.91. The number of carbonyl (C=O) groups excluding carboxylic acids is 2. The predicted octanol–water partition coefficient (Wildman–Crippen LogP) is 2.88. The average Bonchev–Trinajstić information content (AvgIpc) is 2.77. The molecule has 1 aliphatic rings. The molecular weight excluding hydrogens is 375 g/mol. The fraction of sp³-hybridized carbons (Fsp3) is 0.364. The molecule has 0 bridgehead atoms. The van der Waals surface area contributed by atoms with E-state index in [9.17, 15) is 14.0 Å². The van der Waals surface area contributed by atoms with Crippen molar-refractivity contribution in [1.29, 1.82) is 0 Å². The van der Waals surface area contributed by atoms with Gasteiger partial charge in [0.05, 0.1) is 19.6 Å². The van der Waals surface area contributed by atoms with E-state index >= 15 is 0 Å². The van der Waals surface area contributed by atoms with Crippen LogP contribution < -0.4 is 14.8 Å². The van der Waals surface area contributed by atoms with Gasteiger partial charge in [-0.2, -0.15) is 0 Å². The second-order valence-corrected chi connectivity index (χ2v) is 6.91. The molecule has 1 heterocycles. The molecule has 0 spiro atoms. The summed E-state index contributed by atoms with van der Waals surface area (Å²) in [6.45, 7) is 1.69. The van der Waals surface area contributed by atoms with Crippen molar-refractivity contribution in [1.82, 2.24) is 10.2 Å². The standard InChI is InChI=1S/C22H25FN2O4/c1-28-19-8-10-20(11-9-19)29-14-12-24-21(26)17-3-2-13-25(15-17)22(27)16-4-6-18(23)7-5-16/h4-11,17H,2-3,12-15H2,1H3,(H,24,26). The molecule has 1 fully saturated rings. The number of likely N-dealkylation sites (tertiary alicyclic amines) is 1. The van der Waals surface area contributed by atoms with Crippen molar-refractivity contribution in [3.8, 4) is 11.5 Å². The van der Waals surface area contributed by atoms with Gasteiger partial charge in [-0.1, -0.05) is 0 Å². The first kappa shape index (κ1) is 20.6. The van der Waals surface area contributed by atoms with Gasteiger partial charge in [0.15, 0.2) is 0 Å². The number of piperidine rings is 1. The van der Waals surface area contributed by atoms with Crippen molar-refractivity contribution in [3.05, 3.63) is 59.9 Å².